The Balaban J connectivity index is 1.49. The molecular weight excluding hydrogens is 368 g/mol. The Hall–Kier alpha value is -2.14. The molecule has 24 heavy (non-hydrogen) atoms. The standard InChI is InChI=1S/C19H19BrN2O2/c20-17-7-3-4-14(10-17)12-21-22-19(23)13-24-18-9-8-15-5-1-2-6-16(15)11-18/h3-4,7-12H,1-2,5-6,13H2,(H,22,23)/b21-12+. The summed E-state index contributed by atoms with van der Waals surface area (Å²) in [5, 5.41) is 3.94. The minimum absolute atomic E-state index is 0.0470. The highest BCUT2D eigenvalue weighted by molar-refractivity contribution is 9.10. The molecule has 0 unspecified atom stereocenters. The van der Waals surface area contributed by atoms with Crippen LogP contribution in [0.15, 0.2) is 52.0 Å². The summed E-state index contributed by atoms with van der Waals surface area (Å²) >= 11 is 3.39. The summed E-state index contributed by atoms with van der Waals surface area (Å²) < 4.78 is 6.53. The zero-order valence-corrected chi connectivity index (χ0v) is 14.9. The molecule has 0 bridgehead atoms. The van der Waals surface area contributed by atoms with Gasteiger partial charge < -0.3 is 4.74 Å². The minimum Gasteiger partial charge on any atom is -0.484 e. The van der Waals surface area contributed by atoms with E-state index in [4.69, 9.17) is 4.74 Å². The van der Waals surface area contributed by atoms with Crippen LogP contribution < -0.4 is 10.2 Å². The monoisotopic (exact) mass is 386 g/mol. The molecule has 0 radical (unpaired) electrons. The number of nitrogens with zero attached hydrogens (tertiary/aromatic N) is 1. The molecule has 124 valence electrons. The smallest absolute Gasteiger partial charge is 0.277 e. The number of amides is 1. The van der Waals surface area contributed by atoms with E-state index in [-0.39, 0.29) is 12.5 Å². The van der Waals surface area contributed by atoms with Crippen LogP contribution in [0.25, 0.3) is 0 Å². The predicted molar refractivity (Wildman–Crippen MR) is 98.5 cm³/mol. The van der Waals surface area contributed by atoms with Crippen molar-refractivity contribution in [2.75, 3.05) is 6.61 Å². The third-order valence-electron chi connectivity index (χ3n) is 3.94. The van der Waals surface area contributed by atoms with Crippen LogP contribution in [0.1, 0.15) is 29.5 Å². The van der Waals surface area contributed by atoms with Crippen LogP contribution in [0.3, 0.4) is 0 Å². The molecule has 0 spiro atoms. The molecule has 0 saturated carbocycles. The average molecular weight is 387 g/mol. The molecule has 3 rings (SSSR count). The lowest BCUT2D eigenvalue weighted by Gasteiger charge is -2.16. The molecule has 2 aromatic rings. The van der Waals surface area contributed by atoms with Gasteiger partial charge in [0.25, 0.3) is 5.91 Å². The highest BCUT2D eigenvalue weighted by atomic mass is 79.9. The van der Waals surface area contributed by atoms with Crippen LogP contribution in [0.5, 0.6) is 5.75 Å². The van der Waals surface area contributed by atoms with Gasteiger partial charge in [-0.2, -0.15) is 5.10 Å². The van der Waals surface area contributed by atoms with Crippen molar-refractivity contribution in [2.24, 2.45) is 5.10 Å². The molecule has 1 N–H and O–H groups in total. The summed E-state index contributed by atoms with van der Waals surface area (Å²) in [5.74, 6) is 0.459. The van der Waals surface area contributed by atoms with E-state index < -0.39 is 0 Å². The van der Waals surface area contributed by atoms with Gasteiger partial charge in [-0.25, -0.2) is 5.43 Å². The maximum atomic E-state index is 11.8. The summed E-state index contributed by atoms with van der Waals surface area (Å²) in [6.45, 7) is -0.0470. The first-order chi connectivity index (χ1) is 11.7. The van der Waals surface area contributed by atoms with E-state index in [2.05, 4.69) is 32.5 Å². The fraction of sp³-hybridized carbons (Fsp3) is 0.263. The Labute approximate surface area is 150 Å². The lowest BCUT2D eigenvalue weighted by Crippen LogP contribution is -2.24. The molecule has 0 atom stereocenters. The minimum atomic E-state index is -0.279. The molecule has 2 aromatic carbocycles. The number of carbonyl (C=O) groups excluding carboxylic acids is 1. The van der Waals surface area contributed by atoms with Crippen molar-refractivity contribution >= 4 is 28.1 Å². The van der Waals surface area contributed by atoms with Crippen molar-refractivity contribution in [2.45, 2.75) is 25.7 Å². The second kappa shape index (κ2) is 8.11. The Morgan fingerprint density at radius 1 is 1.17 bits per heavy atom. The van der Waals surface area contributed by atoms with E-state index in [0.717, 1.165) is 28.6 Å². The van der Waals surface area contributed by atoms with E-state index in [0.29, 0.717) is 0 Å². The van der Waals surface area contributed by atoms with Gasteiger partial charge in [0, 0.05) is 4.47 Å². The molecule has 1 amide bonds. The van der Waals surface area contributed by atoms with Crippen molar-refractivity contribution in [3.63, 3.8) is 0 Å². The first kappa shape index (κ1) is 16.7. The molecule has 1 aliphatic rings. The van der Waals surface area contributed by atoms with E-state index >= 15 is 0 Å². The van der Waals surface area contributed by atoms with Crippen molar-refractivity contribution in [3.8, 4) is 5.75 Å². The van der Waals surface area contributed by atoms with Crippen LogP contribution in [-0.4, -0.2) is 18.7 Å². The van der Waals surface area contributed by atoms with Crippen molar-refractivity contribution in [3.05, 3.63) is 63.6 Å². The van der Waals surface area contributed by atoms with Gasteiger partial charge in [0.05, 0.1) is 6.21 Å². The van der Waals surface area contributed by atoms with Gasteiger partial charge in [0.15, 0.2) is 6.61 Å². The number of ether oxygens (including phenoxy) is 1. The van der Waals surface area contributed by atoms with E-state index in [9.17, 15) is 4.79 Å². The molecule has 0 saturated heterocycles. The number of rotatable bonds is 5. The van der Waals surface area contributed by atoms with Gasteiger partial charge in [-0.1, -0.05) is 34.1 Å². The quantitative estimate of drug-likeness (QED) is 0.626. The molecule has 0 fully saturated rings. The SMILES string of the molecule is O=C(COc1ccc2c(c1)CCCC2)N/N=C/c1cccc(Br)c1. The first-order valence-electron chi connectivity index (χ1n) is 8.03. The first-order valence-corrected chi connectivity index (χ1v) is 8.82. The lowest BCUT2D eigenvalue weighted by molar-refractivity contribution is -0.123. The van der Waals surface area contributed by atoms with Gasteiger partial charge in [-0.3, -0.25) is 4.79 Å². The number of nitrogens with one attached hydrogen (secondary N) is 1. The largest absolute Gasteiger partial charge is 0.484 e. The summed E-state index contributed by atoms with van der Waals surface area (Å²) in [7, 11) is 0. The van der Waals surface area contributed by atoms with Gasteiger partial charge in [-0.05, 0) is 66.6 Å². The predicted octanol–water partition coefficient (Wildman–Crippen LogP) is 3.86. The zero-order valence-electron chi connectivity index (χ0n) is 13.3. The maximum Gasteiger partial charge on any atom is 0.277 e. The number of halogens is 1. The van der Waals surface area contributed by atoms with Crippen molar-refractivity contribution < 1.29 is 9.53 Å². The molecule has 0 aromatic heterocycles. The van der Waals surface area contributed by atoms with Crippen molar-refractivity contribution in [1.29, 1.82) is 0 Å². The third-order valence-corrected chi connectivity index (χ3v) is 4.43. The highest BCUT2D eigenvalue weighted by Gasteiger charge is 2.10. The second-order valence-corrected chi connectivity index (χ2v) is 6.69. The number of hydrogen-bond acceptors (Lipinski definition) is 3. The summed E-state index contributed by atoms with van der Waals surface area (Å²) in [5.41, 5.74) is 6.12. The van der Waals surface area contributed by atoms with Crippen LogP contribution >= 0.6 is 15.9 Å². The molecule has 5 heteroatoms. The normalized spacial score (nSPS) is 13.5. The van der Waals surface area contributed by atoms with Crippen LogP contribution in [0.2, 0.25) is 0 Å². The fourth-order valence-electron chi connectivity index (χ4n) is 2.75. The van der Waals surface area contributed by atoms with Gasteiger partial charge in [-0.15, -0.1) is 0 Å². The molecule has 1 aliphatic carbocycles. The molecule has 0 aliphatic heterocycles. The molecular formula is C19H19BrN2O2. The number of hydrogen-bond donors (Lipinski definition) is 1. The van der Waals surface area contributed by atoms with E-state index in [1.165, 1.54) is 24.0 Å². The van der Waals surface area contributed by atoms with Gasteiger partial charge in [0.1, 0.15) is 5.75 Å². The number of fused-ring (bicyclic) bond motifs is 1. The molecule has 0 heterocycles. The Morgan fingerprint density at radius 3 is 2.83 bits per heavy atom. The summed E-state index contributed by atoms with van der Waals surface area (Å²) in [6.07, 6.45) is 6.31. The number of aryl methyl sites for hydroxylation is 2. The second-order valence-electron chi connectivity index (χ2n) is 5.77. The zero-order chi connectivity index (χ0) is 16.8. The lowest BCUT2D eigenvalue weighted by atomic mass is 9.92. The van der Waals surface area contributed by atoms with Crippen molar-refractivity contribution in [1.82, 2.24) is 5.43 Å². The van der Waals surface area contributed by atoms with Gasteiger partial charge >= 0.3 is 0 Å². The average Bonchev–Trinajstić information content (AvgIpc) is 2.60. The summed E-state index contributed by atoms with van der Waals surface area (Å²) in [4.78, 5) is 11.8. The van der Waals surface area contributed by atoms with Crippen LogP contribution in [0.4, 0.5) is 0 Å². The van der Waals surface area contributed by atoms with Gasteiger partial charge in [0.2, 0.25) is 0 Å². The van der Waals surface area contributed by atoms with Crippen LogP contribution in [-0.2, 0) is 17.6 Å². The third kappa shape index (κ3) is 4.68. The molecule has 4 nitrogen and oxygen atoms in total. The number of hydrazone groups is 1. The van der Waals surface area contributed by atoms with E-state index in [1.54, 1.807) is 6.21 Å². The van der Waals surface area contributed by atoms with E-state index in [1.807, 2.05) is 36.4 Å². The Bertz CT molecular complexity index is 759. The fourth-order valence-corrected chi connectivity index (χ4v) is 3.16. The Kier molecular flexibility index (Phi) is 5.64. The number of benzene rings is 2. The Morgan fingerprint density at radius 2 is 2.00 bits per heavy atom. The maximum absolute atomic E-state index is 11.8. The summed E-state index contributed by atoms with van der Waals surface area (Å²) in [6, 6.07) is 13.7. The van der Waals surface area contributed by atoms with Crippen LogP contribution in [0, 0.1) is 0 Å². The highest BCUT2D eigenvalue weighted by Crippen LogP contribution is 2.25. The topological polar surface area (TPSA) is 50.7 Å². The number of carbonyl (C=O) groups is 1.